The highest BCUT2D eigenvalue weighted by Crippen LogP contribution is 2.25. The fraction of sp³-hybridized carbons (Fsp3) is 0.125. The smallest absolute Gasteiger partial charge is 0.277 e. The molecule has 0 aromatic heterocycles. The number of nitrogens with zero attached hydrogens (tertiary/aromatic N) is 2. The molecule has 2 aromatic rings. The van der Waals surface area contributed by atoms with E-state index in [2.05, 4.69) is 26.5 Å². The zero-order chi connectivity index (χ0) is 17.5. The maximum atomic E-state index is 11.7. The van der Waals surface area contributed by atoms with Gasteiger partial charge in [-0.1, -0.05) is 18.2 Å². The van der Waals surface area contributed by atoms with Crippen molar-refractivity contribution in [1.82, 2.24) is 5.43 Å². The number of non-ortho nitro benzene ring substituents is 1. The van der Waals surface area contributed by atoms with Gasteiger partial charge in [0.25, 0.3) is 11.6 Å². The summed E-state index contributed by atoms with van der Waals surface area (Å²) in [5.41, 5.74) is 3.83. The van der Waals surface area contributed by atoms with Gasteiger partial charge >= 0.3 is 0 Å². The van der Waals surface area contributed by atoms with E-state index >= 15 is 0 Å². The molecule has 0 atom stereocenters. The second kappa shape index (κ2) is 8.21. The fourth-order valence-electron chi connectivity index (χ4n) is 1.80. The molecule has 0 saturated carbocycles. The van der Waals surface area contributed by atoms with Crippen molar-refractivity contribution in [1.29, 1.82) is 0 Å². The molecule has 2 aromatic carbocycles. The van der Waals surface area contributed by atoms with Crippen LogP contribution in [0, 0.1) is 17.0 Å². The maximum absolute atomic E-state index is 11.7. The molecule has 24 heavy (non-hydrogen) atoms. The summed E-state index contributed by atoms with van der Waals surface area (Å²) in [6.45, 7) is 1.75. The van der Waals surface area contributed by atoms with Crippen LogP contribution in [0.2, 0.25) is 0 Å². The van der Waals surface area contributed by atoms with Crippen LogP contribution in [0.3, 0.4) is 0 Å². The Morgan fingerprint density at radius 3 is 2.88 bits per heavy atom. The molecule has 0 spiro atoms. The van der Waals surface area contributed by atoms with Crippen molar-refractivity contribution in [3.63, 3.8) is 0 Å². The first-order valence-corrected chi connectivity index (χ1v) is 7.70. The second-order valence-electron chi connectivity index (χ2n) is 4.87. The van der Waals surface area contributed by atoms with E-state index in [0.717, 1.165) is 10.0 Å². The molecule has 7 nitrogen and oxygen atoms in total. The standard InChI is InChI=1S/C16H14BrN3O4/c1-11-5-6-15(14(17)7-11)24-10-16(21)19-18-9-12-3-2-4-13(8-12)20(22)23/h2-9H,10H2,1H3,(H,19,21). The molecule has 8 heteroatoms. The van der Waals surface area contributed by atoms with Gasteiger partial charge in [0, 0.05) is 17.7 Å². The van der Waals surface area contributed by atoms with E-state index in [0.29, 0.717) is 11.3 Å². The van der Waals surface area contributed by atoms with Gasteiger partial charge in [0.2, 0.25) is 0 Å². The summed E-state index contributed by atoms with van der Waals surface area (Å²) in [6.07, 6.45) is 1.33. The van der Waals surface area contributed by atoms with Crippen LogP contribution >= 0.6 is 15.9 Å². The molecule has 0 aliphatic carbocycles. The average molecular weight is 392 g/mol. The van der Waals surface area contributed by atoms with Gasteiger partial charge in [-0.25, -0.2) is 5.43 Å². The van der Waals surface area contributed by atoms with Crippen molar-refractivity contribution in [2.24, 2.45) is 5.10 Å². The lowest BCUT2D eigenvalue weighted by atomic mass is 10.2. The topological polar surface area (TPSA) is 93.8 Å². The minimum atomic E-state index is -0.497. The molecule has 0 unspecified atom stereocenters. The van der Waals surface area contributed by atoms with Crippen LogP contribution in [0.25, 0.3) is 0 Å². The number of benzene rings is 2. The molecule has 1 N–H and O–H groups in total. The number of carbonyl (C=O) groups excluding carboxylic acids is 1. The molecular formula is C16H14BrN3O4. The van der Waals surface area contributed by atoms with Crippen molar-refractivity contribution in [2.45, 2.75) is 6.92 Å². The number of nitro benzene ring substituents is 1. The van der Waals surface area contributed by atoms with Crippen LogP contribution in [0.1, 0.15) is 11.1 Å². The van der Waals surface area contributed by atoms with Crippen LogP contribution in [-0.4, -0.2) is 23.7 Å². The van der Waals surface area contributed by atoms with E-state index in [9.17, 15) is 14.9 Å². The van der Waals surface area contributed by atoms with Crippen LogP contribution in [0.4, 0.5) is 5.69 Å². The molecule has 0 fully saturated rings. The first kappa shape index (κ1) is 17.6. The number of rotatable bonds is 6. The lowest BCUT2D eigenvalue weighted by Gasteiger charge is -2.07. The first-order valence-electron chi connectivity index (χ1n) is 6.91. The number of aryl methyl sites for hydroxylation is 1. The normalized spacial score (nSPS) is 10.6. The Hall–Kier alpha value is -2.74. The summed E-state index contributed by atoms with van der Waals surface area (Å²) in [6, 6.07) is 11.4. The number of carbonyl (C=O) groups is 1. The lowest BCUT2D eigenvalue weighted by molar-refractivity contribution is -0.384. The largest absolute Gasteiger partial charge is 0.483 e. The zero-order valence-corrected chi connectivity index (χ0v) is 14.3. The van der Waals surface area contributed by atoms with Gasteiger partial charge in [0.15, 0.2) is 6.61 Å². The summed E-state index contributed by atoms with van der Waals surface area (Å²) in [5, 5.41) is 14.4. The van der Waals surface area contributed by atoms with E-state index in [-0.39, 0.29) is 12.3 Å². The van der Waals surface area contributed by atoms with Crippen LogP contribution in [0.5, 0.6) is 5.75 Å². The van der Waals surface area contributed by atoms with E-state index < -0.39 is 10.8 Å². The Kier molecular flexibility index (Phi) is 6.02. The number of hydrogen-bond acceptors (Lipinski definition) is 5. The minimum absolute atomic E-state index is 0.0437. The molecule has 0 saturated heterocycles. The summed E-state index contributed by atoms with van der Waals surface area (Å²) in [5.74, 6) is 0.113. The average Bonchev–Trinajstić information content (AvgIpc) is 2.54. The third kappa shape index (κ3) is 5.17. The Bertz CT molecular complexity index is 793. The molecule has 2 rings (SSSR count). The number of halogens is 1. The highest BCUT2D eigenvalue weighted by molar-refractivity contribution is 9.10. The van der Waals surface area contributed by atoms with Gasteiger partial charge in [-0.3, -0.25) is 14.9 Å². The Morgan fingerprint density at radius 2 is 2.17 bits per heavy atom. The minimum Gasteiger partial charge on any atom is -0.483 e. The maximum Gasteiger partial charge on any atom is 0.277 e. The molecule has 0 aliphatic rings. The van der Waals surface area contributed by atoms with Crippen molar-refractivity contribution < 1.29 is 14.5 Å². The molecule has 0 bridgehead atoms. The van der Waals surface area contributed by atoms with E-state index in [4.69, 9.17) is 4.74 Å². The SMILES string of the molecule is Cc1ccc(OCC(=O)NN=Cc2cccc([N+](=O)[O-])c2)c(Br)c1. The van der Waals surface area contributed by atoms with Crippen LogP contribution in [0.15, 0.2) is 52.0 Å². The van der Waals surface area contributed by atoms with Gasteiger partial charge < -0.3 is 4.74 Å². The third-order valence-corrected chi connectivity index (χ3v) is 3.55. The second-order valence-corrected chi connectivity index (χ2v) is 5.72. The Balaban J connectivity index is 1.86. The lowest BCUT2D eigenvalue weighted by Crippen LogP contribution is -2.24. The third-order valence-electron chi connectivity index (χ3n) is 2.93. The fourth-order valence-corrected chi connectivity index (χ4v) is 2.40. The molecule has 124 valence electrons. The molecule has 0 aliphatic heterocycles. The Morgan fingerprint density at radius 1 is 1.38 bits per heavy atom. The van der Waals surface area contributed by atoms with Crippen molar-refractivity contribution in [2.75, 3.05) is 6.61 Å². The van der Waals surface area contributed by atoms with Gasteiger partial charge in [-0.05, 0) is 40.5 Å². The molecule has 1 amide bonds. The van der Waals surface area contributed by atoms with E-state index in [1.807, 2.05) is 19.1 Å². The van der Waals surface area contributed by atoms with Crippen LogP contribution in [-0.2, 0) is 4.79 Å². The molecule has 0 radical (unpaired) electrons. The molecular weight excluding hydrogens is 378 g/mol. The van der Waals surface area contributed by atoms with Gasteiger partial charge in [-0.2, -0.15) is 5.10 Å². The summed E-state index contributed by atoms with van der Waals surface area (Å²) in [7, 11) is 0. The summed E-state index contributed by atoms with van der Waals surface area (Å²) >= 11 is 3.36. The van der Waals surface area contributed by atoms with E-state index in [1.165, 1.54) is 18.3 Å². The monoisotopic (exact) mass is 391 g/mol. The van der Waals surface area contributed by atoms with Crippen LogP contribution < -0.4 is 10.2 Å². The highest BCUT2D eigenvalue weighted by Gasteiger charge is 2.06. The molecule has 0 heterocycles. The number of nitrogens with one attached hydrogen (secondary N) is 1. The zero-order valence-electron chi connectivity index (χ0n) is 12.7. The summed E-state index contributed by atoms with van der Waals surface area (Å²) in [4.78, 5) is 21.9. The number of amides is 1. The number of ether oxygens (including phenoxy) is 1. The van der Waals surface area contributed by atoms with Crippen molar-refractivity contribution in [3.05, 3.63) is 68.2 Å². The quantitative estimate of drug-likeness (QED) is 0.464. The van der Waals surface area contributed by atoms with Crippen molar-refractivity contribution >= 4 is 33.7 Å². The first-order chi connectivity index (χ1) is 11.5. The van der Waals surface area contributed by atoms with Gasteiger partial charge in [0.05, 0.1) is 15.6 Å². The number of nitro groups is 1. The van der Waals surface area contributed by atoms with Crippen molar-refractivity contribution in [3.8, 4) is 5.75 Å². The number of hydrazone groups is 1. The van der Waals surface area contributed by atoms with Gasteiger partial charge in [-0.15, -0.1) is 0 Å². The van der Waals surface area contributed by atoms with Gasteiger partial charge in [0.1, 0.15) is 5.75 Å². The predicted molar refractivity (Wildman–Crippen MR) is 93.2 cm³/mol. The van der Waals surface area contributed by atoms with E-state index in [1.54, 1.807) is 18.2 Å². The Labute approximate surface area is 146 Å². The highest BCUT2D eigenvalue weighted by atomic mass is 79.9. The summed E-state index contributed by atoms with van der Waals surface area (Å²) < 4.78 is 6.14. The predicted octanol–water partition coefficient (Wildman–Crippen LogP) is 3.19. The number of hydrogen-bond donors (Lipinski definition) is 1.